The molecule has 0 aliphatic rings. The Balaban J connectivity index is 0.000000354. The summed E-state index contributed by atoms with van der Waals surface area (Å²) >= 11 is 0. The number of aliphatic hydroxyl groups is 1. The van der Waals surface area contributed by atoms with E-state index in [1.54, 1.807) is 0 Å². The van der Waals surface area contributed by atoms with Crippen molar-refractivity contribution in [3.05, 3.63) is 24.6 Å². The van der Waals surface area contributed by atoms with Crippen LogP contribution in [0.15, 0.2) is 29.0 Å². The van der Waals surface area contributed by atoms with Crippen LogP contribution >= 0.6 is 0 Å². The molecule has 0 aliphatic heterocycles. The standard InChI is InChI=1S/C8H8N2O.C3H6O2.C2H6/c1-9-6-3-2-4-7-8(6)10-5-11-7;4-2-1-3-5;1-2/h2-5,9H,1H3;2,5H,1,3H2;1-2H3. The molecule has 1 aromatic heterocycles. The molecule has 0 amide bonds. The number of carbonyl (C=O) groups is 1. The molecule has 100 valence electrons. The highest BCUT2D eigenvalue weighted by molar-refractivity contribution is 5.86. The lowest BCUT2D eigenvalue weighted by atomic mass is 10.3. The maximum absolute atomic E-state index is 9.24. The van der Waals surface area contributed by atoms with E-state index in [2.05, 4.69) is 10.3 Å². The number of para-hydroxylation sites is 1. The fourth-order valence-corrected chi connectivity index (χ4v) is 1.14. The number of aliphatic hydroxyl groups excluding tert-OH is 1. The number of nitrogens with one attached hydrogen (secondary N) is 1. The van der Waals surface area contributed by atoms with Crippen LogP contribution in [0.4, 0.5) is 5.69 Å². The second-order valence-electron chi connectivity index (χ2n) is 2.93. The summed E-state index contributed by atoms with van der Waals surface area (Å²) in [5.41, 5.74) is 2.70. The van der Waals surface area contributed by atoms with Crippen LogP contribution < -0.4 is 5.32 Å². The average Bonchev–Trinajstić information content (AvgIpc) is 2.91. The number of nitrogens with zero attached hydrogens (tertiary/aromatic N) is 1. The molecule has 2 N–H and O–H groups in total. The third-order valence-corrected chi connectivity index (χ3v) is 1.88. The van der Waals surface area contributed by atoms with Crippen molar-refractivity contribution >= 4 is 23.1 Å². The summed E-state index contributed by atoms with van der Waals surface area (Å²) in [6, 6.07) is 5.79. The SMILES string of the molecule is CC.CNc1cccc2ocnc12.O=CCCO. The quantitative estimate of drug-likeness (QED) is 0.821. The van der Waals surface area contributed by atoms with Crippen LogP contribution in [-0.2, 0) is 4.79 Å². The molecule has 0 aliphatic carbocycles. The molecule has 0 atom stereocenters. The lowest BCUT2D eigenvalue weighted by Crippen LogP contribution is -1.87. The third kappa shape index (κ3) is 4.97. The zero-order valence-electron chi connectivity index (χ0n) is 11.0. The smallest absolute Gasteiger partial charge is 0.182 e. The van der Waals surface area contributed by atoms with Crippen molar-refractivity contribution < 1.29 is 14.3 Å². The number of anilines is 1. The van der Waals surface area contributed by atoms with Gasteiger partial charge in [-0.1, -0.05) is 19.9 Å². The number of aromatic nitrogens is 1. The number of aldehydes is 1. The summed E-state index contributed by atoms with van der Waals surface area (Å²) in [5, 5.41) is 10.9. The first-order valence-electron chi connectivity index (χ1n) is 5.88. The Hall–Kier alpha value is -1.88. The summed E-state index contributed by atoms with van der Waals surface area (Å²) < 4.78 is 5.11. The van der Waals surface area contributed by atoms with Gasteiger partial charge in [-0.3, -0.25) is 0 Å². The number of hydrogen-bond donors (Lipinski definition) is 2. The van der Waals surface area contributed by atoms with Crippen LogP contribution in [0.1, 0.15) is 20.3 Å². The molecule has 1 aromatic carbocycles. The normalized spacial score (nSPS) is 8.67. The van der Waals surface area contributed by atoms with Gasteiger partial charge in [0.1, 0.15) is 11.8 Å². The molecule has 5 nitrogen and oxygen atoms in total. The van der Waals surface area contributed by atoms with Gasteiger partial charge in [-0.25, -0.2) is 4.98 Å². The van der Waals surface area contributed by atoms with E-state index in [0.29, 0.717) is 6.29 Å². The van der Waals surface area contributed by atoms with Gasteiger partial charge in [-0.05, 0) is 12.1 Å². The summed E-state index contributed by atoms with van der Waals surface area (Å²) in [7, 11) is 1.86. The predicted octanol–water partition coefficient (Wildman–Crippen LogP) is 2.46. The van der Waals surface area contributed by atoms with Crippen molar-refractivity contribution in [2.45, 2.75) is 20.3 Å². The highest BCUT2D eigenvalue weighted by Crippen LogP contribution is 2.20. The van der Waals surface area contributed by atoms with Crippen molar-refractivity contribution in [3.8, 4) is 0 Å². The van der Waals surface area contributed by atoms with Gasteiger partial charge in [0.15, 0.2) is 12.0 Å². The average molecular weight is 252 g/mol. The van der Waals surface area contributed by atoms with E-state index >= 15 is 0 Å². The Kier molecular flexibility index (Phi) is 9.21. The van der Waals surface area contributed by atoms with E-state index < -0.39 is 0 Å². The van der Waals surface area contributed by atoms with Crippen molar-refractivity contribution in [1.29, 1.82) is 0 Å². The molecule has 0 spiro atoms. The first-order chi connectivity index (χ1) is 8.83. The van der Waals surface area contributed by atoms with Crippen LogP contribution in [0.2, 0.25) is 0 Å². The highest BCUT2D eigenvalue weighted by Gasteiger charge is 2.00. The summed E-state index contributed by atoms with van der Waals surface area (Å²) in [4.78, 5) is 13.3. The number of carbonyl (C=O) groups excluding carboxylic acids is 1. The summed E-state index contributed by atoms with van der Waals surface area (Å²) in [6.45, 7) is 3.98. The Morgan fingerprint density at radius 2 is 2.17 bits per heavy atom. The van der Waals surface area contributed by atoms with Crippen LogP contribution in [0.25, 0.3) is 11.1 Å². The predicted molar refractivity (Wildman–Crippen MR) is 72.7 cm³/mol. The molecule has 1 heterocycles. The number of rotatable bonds is 3. The van der Waals surface area contributed by atoms with Gasteiger partial charge in [-0.15, -0.1) is 0 Å². The van der Waals surface area contributed by atoms with Gasteiger partial charge >= 0.3 is 0 Å². The zero-order valence-corrected chi connectivity index (χ0v) is 11.0. The number of oxazole rings is 1. The Labute approximate surface area is 107 Å². The monoisotopic (exact) mass is 252 g/mol. The third-order valence-electron chi connectivity index (χ3n) is 1.88. The Morgan fingerprint density at radius 1 is 1.44 bits per heavy atom. The van der Waals surface area contributed by atoms with Crippen molar-refractivity contribution in [1.82, 2.24) is 4.98 Å². The number of benzene rings is 1. The van der Waals surface area contributed by atoms with E-state index in [9.17, 15) is 4.79 Å². The van der Waals surface area contributed by atoms with E-state index in [-0.39, 0.29) is 13.0 Å². The zero-order chi connectivity index (χ0) is 13.8. The maximum Gasteiger partial charge on any atom is 0.182 e. The highest BCUT2D eigenvalue weighted by atomic mass is 16.3. The van der Waals surface area contributed by atoms with Gasteiger partial charge in [-0.2, -0.15) is 0 Å². The minimum atomic E-state index is -0.0243. The van der Waals surface area contributed by atoms with Crippen LogP contribution in [0.3, 0.4) is 0 Å². The van der Waals surface area contributed by atoms with Crippen LogP contribution in [0.5, 0.6) is 0 Å². The van der Waals surface area contributed by atoms with E-state index in [4.69, 9.17) is 9.52 Å². The van der Waals surface area contributed by atoms with Crippen molar-refractivity contribution in [2.24, 2.45) is 0 Å². The first-order valence-corrected chi connectivity index (χ1v) is 5.88. The molecule has 0 saturated heterocycles. The van der Waals surface area contributed by atoms with Gasteiger partial charge in [0.05, 0.1) is 5.69 Å². The van der Waals surface area contributed by atoms with Gasteiger partial charge in [0.25, 0.3) is 0 Å². The van der Waals surface area contributed by atoms with Crippen molar-refractivity contribution in [2.75, 3.05) is 19.0 Å². The Morgan fingerprint density at radius 3 is 2.67 bits per heavy atom. The Bertz CT molecular complexity index is 440. The van der Waals surface area contributed by atoms with Crippen LogP contribution in [0, 0.1) is 0 Å². The maximum atomic E-state index is 9.24. The van der Waals surface area contributed by atoms with E-state index in [0.717, 1.165) is 16.8 Å². The van der Waals surface area contributed by atoms with Gasteiger partial charge < -0.3 is 19.6 Å². The summed E-state index contributed by atoms with van der Waals surface area (Å²) in [5.74, 6) is 0. The topological polar surface area (TPSA) is 75.4 Å². The first kappa shape index (κ1) is 16.1. The lowest BCUT2D eigenvalue weighted by molar-refractivity contribution is -0.108. The minimum Gasteiger partial charge on any atom is -0.443 e. The second kappa shape index (κ2) is 10.3. The molecule has 0 saturated carbocycles. The molecule has 0 bridgehead atoms. The lowest BCUT2D eigenvalue weighted by Gasteiger charge is -1.97. The molecule has 2 aromatic rings. The molecular weight excluding hydrogens is 232 g/mol. The second-order valence-corrected chi connectivity index (χ2v) is 2.93. The van der Waals surface area contributed by atoms with E-state index in [1.165, 1.54) is 6.39 Å². The van der Waals surface area contributed by atoms with Gasteiger partial charge in [0, 0.05) is 20.1 Å². The molecule has 5 heteroatoms. The number of fused-ring (bicyclic) bond motifs is 1. The van der Waals surface area contributed by atoms with Gasteiger partial charge in [0.2, 0.25) is 0 Å². The minimum absolute atomic E-state index is 0.0243. The molecule has 18 heavy (non-hydrogen) atoms. The largest absolute Gasteiger partial charge is 0.443 e. The molecule has 0 fully saturated rings. The summed E-state index contributed by atoms with van der Waals surface area (Å²) in [6.07, 6.45) is 2.39. The number of hydrogen-bond acceptors (Lipinski definition) is 5. The molecule has 2 rings (SSSR count). The van der Waals surface area contributed by atoms with E-state index in [1.807, 2.05) is 39.1 Å². The van der Waals surface area contributed by atoms with Crippen molar-refractivity contribution in [3.63, 3.8) is 0 Å². The fraction of sp³-hybridized carbons (Fsp3) is 0.385. The molecule has 0 radical (unpaired) electrons. The fourth-order valence-electron chi connectivity index (χ4n) is 1.14. The molecule has 0 unspecified atom stereocenters. The molecular formula is C13H20N2O3. The van der Waals surface area contributed by atoms with Crippen LogP contribution in [-0.4, -0.2) is 30.0 Å².